The second-order valence-corrected chi connectivity index (χ2v) is 14.3. The van der Waals surface area contributed by atoms with Crippen molar-refractivity contribution in [1.82, 2.24) is 25.1 Å². The van der Waals surface area contributed by atoms with E-state index >= 15 is 0 Å². The number of aromatic nitrogens is 2. The normalized spacial score (nSPS) is 14.0. The van der Waals surface area contributed by atoms with E-state index in [-0.39, 0.29) is 32.4 Å². The highest BCUT2D eigenvalue weighted by molar-refractivity contribution is 5.99. The van der Waals surface area contributed by atoms with Crippen molar-refractivity contribution in [2.45, 2.75) is 84.7 Å². The molecular weight excluding hydrogens is 672 g/mol. The van der Waals surface area contributed by atoms with Gasteiger partial charge in [0.15, 0.2) is 5.82 Å². The maximum atomic E-state index is 14.2. The number of rotatable bonds is 13. The van der Waals surface area contributed by atoms with Crippen molar-refractivity contribution >= 4 is 29.6 Å². The van der Waals surface area contributed by atoms with Gasteiger partial charge in [-0.1, -0.05) is 98.4 Å². The highest BCUT2D eigenvalue weighted by Gasteiger charge is 2.36. The summed E-state index contributed by atoms with van der Waals surface area (Å²) in [6.07, 6.45) is 2.76. The second kappa shape index (κ2) is 17.8. The third-order valence-corrected chi connectivity index (χ3v) is 8.46. The van der Waals surface area contributed by atoms with Crippen LogP contribution < -0.4 is 16.0 Å². The number of nitrogens with one attached hydrogen (secondary N) is 3. The summed E-state index contributed by atoms with van der Waals surface area (Å²) < 4.78 is 13.1. The first-order valence-electron chi connectivity index (χ1n) is 17.5. The highest BCUT2D eigenvalue weighted by atomic mass is 16.6. The van der Waals surface area contributed by atoms with Crippen molar-refractivity contribution in [1.29, 1.82) is 0 Å². The molecule has 4 aromatic rings. The van der Waals surface area contributed by atoms with E-state index in [9.17, 15) is 19.2 Å². The molecule has 0 saturated carbocycles. The molecule has 0 aliphatic carbocycles. The highest BCUT2D eigenvalue weighted by Crippen LogP contribution is 2.31. The van der Waals surface area contributed by atoms with Gasteiger partial charge in [0.25, 0.3) is 5.91 Å². The first-order chi connectivity index (χ1) is 24.8. The number of carbonyl (C=O) groups excluding carboxylic acids is 4. The van der Waals surface area contributed by atoms with Crippen molar-refractivity contribution in [2.24, 2.45) is 0 Å². The number of ether oxygens (including phenoxy) is 2. The zero-order chi connectivity index (χ0) is 37.3. The molecule has 12 heteroatoms. The molecule has 3 N–H and O–H groups in total. The summed E-state index contributed by atoms with van der Waals surface area (Å²) in [5, 5.41) is 8.19. The summed E-state index contributed by atoms with van der Waals surface area (Å²) in [4.78, 5) is 61.0. The van der Waals surface area contributed by atoms with Crippen LogP contribution in [0, 0.1) is 0 Å². The van der Waals surface area contributed by atoms with E-state index in [2.05, 4.69) is 16.0 Å². The van der Waals surface area contributed by atoms with Crippen LogP contribution >= 0.6 is 0 Å². The lowest BCUT2D eigenvalue weighted by molar-refractivity contribution is -0.132. The molecule has 1 unspecified atom stereocenters. The molecule has 1 aliphatic heterocycles. The Hall–Kier alpha value is -5.49. The van der Waals surface area contributed by atoms with E-state index in [1.807, 2.05) is 95.9 Å². The van der Waals surface area contributed by atoms with Crippen LogP contribution in [0.3, 0.4) is 0 Å². The minimum Gasteiger partial charge on any atom is -0.444 e. The van der Waals surface area contributed by atoms with Gasteiger partial charge in [0.05, 0.1) is 13.2 Å². The Morgan fingerprint density at radius 3 is 2.02 bits per heavy atom. The smallest absolute Gasteiger partial charge is 0.408 e. The standard InChI is InChI=1S/C40H48N6O6.CH4/c1-39(2,3)52-38(50)44-40(4,5)37(49)41-31(27-51-26-28-17-9-6-10-18-28)35(47)43-32-25-46(34(42-32)30-21-13-8-14-22-30)33(29-19-11-7-12-20-29)36(48)45-23-15-16-24-45;/h6-14,17-22,25,31,33H,15-16,23-24,26-27H2,1-5H3,(H,41,49)(H,43,47)(H,44,50);1H4/t31-,33?;/m1./s1. The average molecular weight is 725 g/mol. The quantitative estimate of drug-likeness (QED) is 0.146. The molecule has 1 aliphatic rings. The molecule has 53 heavy (non-hydrogen) atoms. The molecule has 1 saturated heterocycles. The number of benzene rings is 3. The first-order valence-corrected chi connectivity index (χ1v) is 17.5. The Bertz CT molecular complexity index is 1820. The lowest BCUT2D eigenvalue weighted by atomic mass is 10.0. The zero-order valence-electron chi connectivity index (χ0n) is 30.4. The van der Waals surface area contributed by atoms with E-state index in [1.165, 1.54) is 13.8 Å². The Balaban J connectivity index is 0.00000627. The maximum absolute atomic E-state index is 14.2. The van der Waals surface area contributed by atoms with Crippen LogP contribution in [0.4, 0.5) is 10.6 Å². The molecule has 12 nitrogen and oxygen atoms in total. The van der Waals surface area contributed by atoms with Crippen molar-refractivity contribution in [3.05, 3.63) is 108 Å². The Labute approximate surface area is 312 Å². The van der Waals surface area contributed by atoms with Gasteiger partial charge in [-0.05, 0) is 58.6 Å². The molecule has 0 radical (unpaired) electrons. The molecule has 1 fully saturated rings. The predicted octanol–water partition coefficient (Wildman–Crippen LogP) is 6.34. The van der Waals surface area contributed by atoms with Gasteiger partial charge in [0, 0.05) is 24.8 Å². The van der Waals surface area contributed by atoms with E-state index in [0.29, 0.717) is 18.9 Å². The first kappa shape index (κ1) is 40.3. The van der Waals surface area contributed by atoms with Crippen LogP contribution in [0.5, 0.6) is 0 Å². The number of imidazole rings is 1. The van der Waals surface area contributed by atoms with Crippen LogP contribution in [0.2, 0.25) is 0 Å². The molecule has 282 valence electrons. The average Bonchev–Trinajstić information content (AvgIpc) is 3.79. The third kappa shape index (κ3) is 11.0. The number of nitrogens with zero attached hydrogens (tertiary/aromatic N) is 3. The lowest BCUT2D eigenvalue weighted by Gasteiger charge is -2.29. The minimum atomic E-state index is -1.44. The number of amides is 4. The van der Waals surface area contributed by atoms with Crippen molar-refractivity contribution in [2.75, 3.05) is 25.0 Å². The number of anilines is 1. The van der Waals surface area contributed by atoms with Crippen LogP contribution in [0.1, 0.15) is 72.1 Å². The zero-order valence-corrected chi connectivity index (χ0v) is 30.4. The van der Waals surface area contributed by atoms with Crippen LogP contribution in [-0.2, 0) is 30.5 Å². The van der Waals surface area contributed by atoms with Gasteiger partial charge in [0.2, 0.25) is 11.8 Å². The Morgan fingerprint density at radius 1 is 0.830 bits per heavy atom. The molecular formula is C41H52N6O6. The number of hydrogen-bond donors (Lipinski definition) is 3. The molecule has 3 aromatic carbocycles. The monoisotopic (exact) mass is 724 g/mol. The fourth-order valence-corrected chi connectivity index (χ4v) is 5.84. The Kier molecular flexibility index (Phi) is 13.5. The molecule has 0 bridgehead atoms. The molecule has 0 spiro atoms. The number of alkyl carbamates (subject to hydrolysis) is 1. The predicted molar refractivity (Wildman–Crippen MR) is 205 cm³/mol. The van der Waals surface area contributed by atoms with E-state index in [4.69, 9.17) is 14.5 Å². The van der Waals surface area contributed by atoms with Crippen molar-refractivity contribution < 1.29 is 28.7 Å². The van der Waals surface area contributed by atoms with E-state index < -0.39 is 41.1 Å². The summed E-state index contributed by atoms with van der Waals surface area (Å²) in [6.45, 7) is 9.56. The third-order valence-electron chi connectivity index (χ3n) is 8.46. The summed E-state index contributed by atoms with van der Waals surface area (Å²) in [7, 11) is 0. The number of carbonyl (C=O) groups is 4. The van der Waals surface area contributed by atoms with Crippen LogP contribution in [0.15, 0.2) is 97.2 Å². The van der Waals surface area contributed by atoms with Crippen molar-refractivity contribution in [3.63, 3.8) is 0 Å². The summed E-state index contributed by atoms with van der Waals surface area (Å²) >= 11 is 0. The summed E-state index contributed by atoms with van der Waals surface area (Å²) in [6, 6.07) is 26.5. The van der Waals surface area contributed by atoms with Crippen molar-refractivity contribution in [3.8, 4) is 11.4 Å². The second-order valence-electron chi connectivity index (χ2n) is 14.3. The van der Waals surface area contributed by atoms with Gasteiger partial charge < -0.3 is 34.9 Å². The van der Waals surface area contributed by atoms with Crippen LogP contribution in [0.25, 0.3) is 11.4 Å². The Morgan fingerprint density at radius 2 is 1.42 bits per heavy atom. The summed E-state index contributed by atoms with van der Waals surface area (Å²) in [5.41, 5.74) is 0.211. The number of hydrogen-bond acceptors (Lipinski definition) is 7. The van der Waals surface area contributed by atoms with E-state index in [0.717, 1.165) is 29.5 Å². The molecule has 4 amide bonds. The van der Waals surface area contributed by atoms with Gasteiger partial charge in [-0.25, -0.2) is 9.78 Å². The van der Waals surface area contributed by atoms with Gasteiger partial charge in [-0.2, -0.15) is 0 Å². The fourth-order valence-electron chi connectivity index (χ4n) is 5.84. The molecule has 5 rings (SSSR count). The van der Waals surface area contributed by atoms with Gasteiger partial charge >= 0.3 is 6.09 Å². The maximum Gasteiger partial charge on any atom is 0.408 e. The molecule has 2 atom stereocenters. The van der Waals surface area contributed by atoms with Gasteiger partial charge in [0.1, 0.15) is 29.0 Å². The molecule has 1 aromatic heterocycles. The minimum absolute atomic E-state index is 0. The number of likely N-dealkylation sites (tertiary alicyclic amines) is 1. The van der Waals surface area contributed by atoms with Gasteiger partial charge in [-0.3, -0.25) is 14.4 Å². The SMILES string of the molecule is C.CC(C)(C)OC(=O)NC(C)(C)C(=O)N[C@H](COCc1ccccc1)C(=O)Nc1cn(C(C(=O)N2CCCC2)c2ccccc2)c(-c2ccccc2)n1. The fraction of sp³-hybridized carbons (Fsp3) is 0.390. The van der Waals surface area contributed by atoms with Gasteiger partial charge in [-0.15, -0.1) is 0 Å². The lowest BCUT2D eigenvalue weighted by Crippen LogP contribution is -2.59. The summed E-state index contributed by atoms with van der Waals surface area (Å²) in [5.74, 6) is -0.609. The van der Waals surface area contributed by atoms with Crippen LogP contribution in [-0.4, -0.2) is 75.1 Å². The largest absolute Gasteiger partial charge is 0.444 e. The van der Waals surface area contributed by atoms with E-state index in [1.54, 1.807) is 31.5 Å². The topological polar surface area (TPSA) is 144 Å². The molecule has 2 heterocycles.